The van der Waals surface area contributed by atoms with E-state index in [2.05, 4.69) is 22.7 Å². The predicted molar refractivity (Wildman–Crippen MR) is 111 cm³/mol. The number of aromatic nitrogens is 2. The topological polar surface area (TPSA) is 96.3 Å². The first-order valence-electron chi connectivity index (χ1n) is 10.5. The Morgan fingerprint density at radius 2 is 1.97 bits per heavy atom. The summed E-state index contributed by atoms with van der Waals surface area (Å²) in [5.41, 5.74) is 1.15. The van der Waals surface area contributed by atoms with Crippen molar-refractivity contribution in [2.24, 2.45) is 5.92 Å². The molecule has 2 aliphatic rings. The molecule has 1 saturated carbocycles. The number of hydrogen-bond acceptors (Lipinski definition) is 4. The highest BCUT2D eigenvalue weighted by atomic mass is 16.2. The molecule has 158 valence electrons. The van der Waals surface area contributed by atoms with Crippen LogP contribution < -0.4 is 10.6 Å². The second-order valence-corrected chi connectivity index (χ2v) is 8.31. The van der Waals surface area contributed by atoms with Gasteiger partial charge < -0.3 is 10.6 Å². The Labute approximate surface area is 175 Å². The third kappa shape index (κ3) is 4.08. The van der Waals surface area contributed by atoms with Crippen LogP contribution in [0.15, 0.2) is 42.7 Å². The predicted octanol–water partition coefficient (Wildman–Crippen LogP) is 2.03. The maximum absolute atomic E-state index is 12.8. The number of nitrogens with one attached hydrogen (secondary N) is 2. The molecular formula is C22H27N5O3. The zero-order chi connectivity index (χ0) is 21.1. The molecule has 1 aromatic carbocycles. The van der Waals surface area contributed by atoms with Gasteiger partial charge in [-0.05, 0) is 55.7 Å². The second-order valence-electron chi connectivity index (χ2n) is 8.31. The molecule has 1 aliphatic carbocycles. The summed E-state index contributed by atoms with van der Waals surface area (Å²) < 4.78 is 1.79. The van der Waals surface area contributed by atoms with Crippen LogP contribution in [0.5, 0.6) is 0 Å². The number of carbonyl (C=O) groups is 3. The number of para-hydroxylation sites is 1. The number of nitrogens with zero attached hydrogens (tertiary/aromatic N) is 3. The van der Waals surface area contributed by atoms with Gasteiger partial charge in [-0.1, -0.05) is 25.1 Å². The average molecular weight is 409 g/mol. The molecule has 0 radical (unpaired) electrons. The van der Waals surface area contributed by atoms with E-state index in [4.69, 9.17) is 0 Å². The molecule has 0 atom stereocenters. The summed E-state index contributed by atoms with van der Waals surface area (Å²) in [7, 11) is 0. The summed E-state index contributed by atoms with van der Waals surface area (Å²) in [5, 5.41) is 9.98. The molecule has 1 spiro atoms. The van der Waals surface area contributed by atoms with Gasteiger partial charge in [0.05, 0.1) is 11.9 Å². The molecule has 2 heterocycles. The fourth-order valence-electron chi connectivity index (χ4n) is 4.17. The number of amides is 4. The van der Waals surface area contributed by atoms with E-state index in [1.807, 2.05) is 36.5 Å². The lowest BCUT2D eigenvalue weighted by atomic mass is 9.77. The van der Waals surface area contributed by atoms with Crippen LogP contribution in [0, 0.1) is 5.92 Å². The Balaban J connectivity index is 1.27. The maximum Gasteiger partial charge on any atom is 0.325 e. The first-order valence-corrected chi connectivity index (χ1v) is 10.5. The fraction of sp³-hybridized carbons (Fsp3) is 0.455. The molecule has 30 heavy (non-hydrogen) atoms. The minimum Gasteiger partial charge on any atom is -0.354 e. The molecule has 4 amide bonds. The molecule has 8 heteroatoms. The molecule has 1 saturated heterocycles. The van der Waals surface area contributed by atoms with E-state index < -0.39 is 11.6 Å². The van der Waals surface area contributed by atoms with Gasteiger partial charge in [-0.3, -0.25) is 14.5 Å². The minimum atomic E-state index is -0.810. The van der Waals surface area contributed by atoms with E-state index in [0.717, 1.165) is 29.0 Å². The van der Waals surface area contributed by atoms with Gasteiger partial charge in [0.2, 0.25) is 5.91 Å². The van der Waals surface area contributed by atoms with Crippen molar-refractivity contribution in [3.05, 3.63) is 48.3 Å². The van der Waals surface area contributed by atoms with Crippen LogP contribution in [-0.4, -0.2) is 51.2 Å². The molecule has 1 aliphatic heterocycles. The number of urea groups is 1. The monoisotopic (exact) mass is 409 g/mol. The van der Waals surface area contributed by atoms with Crippen molar-refractivity contribution in [2.75, 3.05) is 13.1 Å². The summed E-state index contributed by atoms with van der Waals surface area (Å²) in [5.74, 6) is -0.0437. The van der Waals surface area contributed by atoms with Gasteiger partial charge in [0.15, 0.2) is 0 Å². The first kappa shape index (κ1) is 20.1. The van der Waals surface area contributed by atoms with E-state index in [0.29, 0.717) is 31.7 Å². The van der Waals surface area contributed by atoms with Gasteiger partial charge in [0.1, 0.15) is 12.1 Å². The largest absolute Gasteiger partial charge is 0.354 e. The Morgan fingerprint density at radius 1 is 1.23 bits per heavy atom. The van der Waals surface area contributed by atoms with Gasteiger partial charge in [-0.25, -0.2) is 9.48 Å². The van der Waals surface area contributed by atoms with Crippen molar-refractivity contribution in [2.45, 2.75) is 44.6 Å². The SMILES string of the molecule is CC1CCC2(CC1)NC(=O)N(CC(=O)NCCc1cnn(-c3ccccc3)c1)C2=O. The summed E-state index contributed by atoms with van der Waals surface area (Å²) in [6.45, 7) is 2.32. The van der Waals surface area contributed by atoms with E-state index in [9.17, 15) is 14.4 Å². The van der Waals surface area contributed by atoms with Crippen LogP contribution in [0.25, 0.3) is 5.69 Å². The Morgan fingerprint density at radius 3 is 2.70 bits per heavy atom. The minimum absolute atomic E-state index is 0.245. The van der Waals surface area contributed by atoms with Crippen molar-refractivity contribution in [1.82, 2.24) is 25.3 Å². The van der Waals surface area contributed by atoms with Crippen LogP contribution in [0.1, 0.15) is 38.2 Å². The van der Waals surface area contributed by atoms with Gasteiger partial charge in [-0.2, -0.15) is 5.10 Å². The third-order valence-electron chi connectivity index (χ3n) is 6.07. The normalized spacial score (nSPS) is 23.6. The van der Waals surface area contributed by atoms with Crippen LogP contribution in [0.2, 0.25) is 0 Å². The van der Waals surface area contributed by atoms with Gasteiger partial charge in [0, 0.05) is 12.7 Å². The Bertz CT molecular complexity index is 931. The molecule has 0 bridgehead atoms. The third-order valence-corrected chi connectivity index (χ3v) is 6.07. The molecule has 2 aromatic rings. The molecule has 2 fully saturated rings. The highest BCUT2D eigenvalue weighted by molar-refractivity contribution is 6.09. The zero-order valence-electron chi connectivity index (χ0n) is 17.1. The smallest absolute Gasteiger partial charge is 0.325 e. The average Bonchev–Trinajstić information content (AvgIpc) is 3.30. The summed E-state index contributed by atoms with van der Waals surface area (Å²) in [6.07, 6.45) is 7.40. The van der Waals surface area contributed by atoms with E-state index >= 15 is 0 Å². The van der Waals surface area contributed by atoms with E-state index in [1.165, 1.54) is 0 Å². The number of carbonyl (C=O) groups excluding carboxylic acids is 3. The molecule has 2 N–H and O–H groups in total. The van der Waals surface area contributed by atoms with Crippen molar-refractivity contribution in [3.63, 3.8) is 0 Å². The van der Waals surface area contributed by atoms with Crippen LogP contribution in [0.3, 0.4) is 0 Å². The molecule has 4 rings (SSSR count). The molecule has 8 nitrogen and oxygen atoms in total. The molecular weight excluding hydrogens is 382 g/mol. The molecule has 1 aromatic heterocycles. The lowest BCUT2D eigenvalue weighted by Crippen LogP contribution is -2.50. The van der Waals surface area contributed by atoms with Gasteiger partial charge in [-0.15, -0.1) is 0 Å². The number of hydrogen-bond donors (Lipinski definition) is 2. The fourth-order valence-corrected chi connectivity index (χ4v) is 4.17. The lowest BCUT2D eigenvalue weighted by Gasteiger charge is -2.33. The highest BCUT2D eigenvalue weighted by Crippen LogP contribution is 2.36. The van der Waals surface area contributed by atoms with Crippen LogP contribution >= 0.6 is 0 Å². The van der Waals surface area contributed by atoms with Gasteiger partial charge >= 0.3 is 6.03 Å². The lowest BCUT2D eigenvalue weighted by molar-refractivity contribution is -0.136. The van der Waals surface area contributed by atoms with E-state index in [1.54, 1.807) is 10.9 Å². The maximum atomic E-state index is 12.8. The number of imide groups is 1. The van der Waals surface area contributed by atoms with Crippen molar-refractivity contribution < 1.29 is 14.4 Å². The number of benzene rings is 1. The first-order chi connectivity index (χ1) is 14.5. The Hall–Kier alpha value is -3.16. The van der Waals surface area contributed by atoms with Crippen molar-refractivity contribution in [1.29, 1.82) is 0 Å². The molecule has 0 unspecified atom stereocenters. The zero-order valence-corrected chi connectivity index (χ0v) is 17.1. The Kier molecular flexibility index (Phi) is 5.57. The van der Waals surface area contributed by atoms with E-state index in [-0.39, 0.29) is 18.4 Å². The van der Waals surface area contributed by atoms with Crippen LogP contribution in [-0.2, 0) is 16.0 Å². The quantitative estimate of drug-likeness (QED) is 0.714. The number of rotatable bonds is 6. The second kappa shape index (κ2) is 8.30. The highest BCUT2D eigenvalue weighted by Gasteiger charge is 2.52. The van der Waals surface area contributed by atoms with Gasteiger partial charge in [0.25, 0.3) is 5.91 Å². The van der Waals surface area contributed by atoms with Crippen LogP contribution in [0.4, 0.5) is 4.79 Å². The van der Waals surface area contributed by atoms with Crippen molar-refractivity contribution >= 4 is 17.8 Å². The van der Waals surface area contributed by atoms with Crippen molar-refractivity contribution in [3.8, 4) is 5.69 Å². The summed E-state index contributed by atoms with van der Waals surface area (Å²) in [6, 6.07) is 9.32. The standard InChI is InChI=1S/C22H27N5O3/c1-16-7-10-22(11-8-16)20(29)26(21(30)25-22)15-19(28)23-12-9-17-13-24-27(14-17)18-5-3-2-4-6-18/h2-6,13-14,16H,7-12,15H2,1H3,(H,23,28)(H,25,30). The summed E-state index contributed by atoms with van der Waals surface area (Å²) in [4.78, 5) is 38.5. The summed E-state index contributed by atoms with van der Waals surface area (Å²) >= 11 is 0.